The van der Waals surface area contributed by atoms with E-state index < -0.39 is 0 Å². The van der Waals surface area contributed by atoms with Crippen molar-refractivity contribution in [2.45, 2.75) is 73.1 Å². The highest BCUT2D eigenvalue weighted by molar-refractivity contribution is 5.98. The van der Waals surface area contributed by atoms with E-state index in [1.54, 1.807) is 6.07 Å². The fourth-order valence-corrected chi connectivity index (χ4v) is 4.63. The Labute approximate surface area is 199 Å². The summed E-state index contributed by atoms with van der Waals surface area (Å²) in [5.74, 6) is 0.882. The van der Waals surface area contributed by atoms with Crippen LogP contribution in [0.2, 0.25) is 0 Å². The lowest BCUT2D eigenvalue weighted by Gasteiger charge is -2.20. The predicted octanol–water partition coefficient (Wildman–Crippen LogP) is 7.78. The Morgan fingerprint density at radius 3 is 2.48 bits per heavy atom. The molecule has 1 heterocycles. The molecule has 0 bridgehead atoms. The molecule has 0 fully saturated rings. The summed E-state index contributed by atoms with van der Waals surface area (Å²) in [4.78, 5) is 17.7. The standard InChI is InChI=1S/C30H38FNO/c1-6-23-11-9-22(17-27(23)25-13-14-28(31)24(7-2)18-25)10-12-26(16-20(3)4)30(33)29-15-8-21(5)19-32-29/h9,11,13-15,17-21,26H,6-8,10,12,16H2,1-5H3. The largest absolute Gasteiger partial charge is 0.292 e. The average Bonchev–Trinajstić information content (AvgIpc) is 2.81. The van der Waals surface area contributed by atoms with Crippen molar-refractivity contribution in [2.75, 3.05) is 0 Å². The van der Waals surface area contributed by atoms with Crippen LogP contribution < -0.4 is 0 Å². The van der Waals surface area contributed by atoms with Gasteiger partial charge in [-0.05, 0) is 90.3 Å². The van der Waals surface area contributed by atoms with Gasteiger partial charge in [-0.15, -0.1) is 0 Å². The number of aryl methyl sites for hydroxylation is 3. The van der Waals surface area contributed by atoms with Crippen molar-refractivity contribution in [3.8, 4) is 11.1 Å². The number of rotatable bonds is 10. The van der Waals surface area contributed by atoms with Crippen molar-refractivity contribution in [1.29, 1.82) is 0 Å². The Hall–Kier alpha value is -2.55. The molecule has 2 atom stereocenters. The zero-order valence-corrected chi connectivity index (χ0v) is 20.8. The van der Waals surface area contributed by atoms with Crippen LogP contribution in [0.5, 0.6) is 0 Å². The van der Waals surface area contributed by atoms with E-state index in [0.717, 1.165) is 43.2 Å². The molecular weight excluding hydrogens is 409 g/mol. The highest BCUT2D eigenvalue weighted by Gasteiger charge is 2.24. The number of allylic oxidation sites excluding steroid dienone is 2. The molecule has 0 radical (unpaired) electrons. The number of carbonyl (C=O) groups excluding carboxylic acids is 1. The van der Waals surface area contributed by atoms with Crippen molar-refractivity contribution in [3.05, 3.63) is 70.7 Å². The molecule has 0 saturated carbocycles. The lowest BCUT2D eigenvalue weighted by atomic mass is 9.85. The van der Waals surface area contributed by atoms with Gasteiger partial charge < -0.3 is 0 Å². The van der Waals surface area contributed by atoms with Crippen LogP contribution in [0.4, 0.5) is 4.39 Å². The number of aliphatic imine (C=N–C) groups is 1. The van der Waals surface area contributed by atoms with Gasteiger partial charge in [0.05, 0.1) is 0 Å². The SMILES string of the molecule is CCc1cc(-c2cc(CCC(CC(C)C)C(=O)C3=CCC(C)C=N3)ccc2CC)ccc1F. The van der Waals surface area contributed by atoms with E-state index in [0.29, 0.717) is 24.0 Å². The molecule has 3 rings (SSSR count). The van der Waals surface area contributed by atoms with Crippen LogP contribution in [0.1, 0.15) is 70.6 Å². The summed E-state index contributed by atoms with van der Waals surface area (Å²) in [6.45, 7) is 10.6. The molecule has 0 aliphatic carbocycles. The molecule has 3 heteroatoms. The van der Waals surface area contributed by atoms with Crippen LogP contribution in [-0.2, 0) is 24.1 Å². The Morgan fingerprint density at radius 2 is 1.85 bits per heavy atom. The second kappa shape index (κ2) is 11.5. The summed E-state index contributed by atoms with van der Waals surface area (Å²) in [7, 11) is 0. The van der Waals surface area contributed by atoms with Gasteiger partial charge in [0.2, 0.25) is 0 Å². The minimum absolute atomic E-state index is 0.0198. The fourth-order valence-electron chi connectivity index (χ4n) is 4.63. The van der Waals surface area contributed by atoms with Crippen molar-refractivity contribution < 1.29 is 9.18 Å². The number of hydrogen-bond acceptors (Lipinski definition) is 2. The van der Waals surface area contributed by atoms with Crippen LogP contribution >= 0.6 is 0 Å². The quantitative estimate of drug-likeness (QED) is 0.366. The van der Waals surface area contributed by atoms with E-state index in [9.17, 15) is 9.18 Å². The lowest BCUT2D eigenvalue weighted by molar-refractivity contribution is -0.119. The number of ketones is 1. The summed E-state index contributed by atoms with van der Waals surface area (Å²) in [6, 6.07) is 12.1. The zero-order chi connectivity index (χ0) is 24.0. The molecule has 33 heavy (non-hydrogen) atoms. The first-order valence-electron chi connectivity index (χ1n) is 12.5. The summed E-state index contributed by atoms with van der Waals surface area (Å²) in [5.41, 5.74) is 6.11. The Balaban J connectivity index is 1.82. The zero-order valence-electron chi connectivity index (χ0n) is 20.8. The first-order chi connectivity index (χ1) is 15.8. The van der Waals surface area contributed by atoms with Crippen LogP contribution in [0.15, 0.2) is 53.2 Å². The first-order valence-corrected chi connectivity index (χ1v) is 12.5. The molecule has 2 nitrogen and oxygen atoms in total. The highest BCUT2D eigenvalue weighted by atomic mass is 19.1. The summed E-state index contributed by atoms with van der Waals surface area (Å²) >= 11 is 0. The third kappa shape index (κ3) is 6.50. The van der Waals surface area contributed by atoms with E-state index in [1.807, 2.05) is 31.3 Å². The number of nitrogens with zero attached hydrogens (tertiary/aromatic N) is 1. The smallest absolute Gasteiger partial charge is 0.183 e. The number of hydrogen-bond donors (Lipinski definition) is 0. The Bertz CT molecular complexity index is 1030. The molecule has 2 unspecified atom stereocenters. The van der Waals surface area contributed by atoms with Gasteiger partial charge in [0, 0.05) is 12.1 Å². The Kier molecular flexibility index (Phi) is 8.77. The molecule has 176 valence electrons. The van der Waals surface area contributed by atoms with E-state index in [1.165, 1.54) is 16.7 Å². The maximum absolute atomic E-state index is 14.1. The second-order valence-corrected chi connectivity index (χ2v) is 9.81. The minimum Gasteiger partial charge on any atom is -0.292 e. The molecule has 1 aliphatic heterocycles. The molecule has 0 amide bonds. The van der Waals surface area contributed by atoms with E-state index in [4.69, 9.17) is 0 Å². The topological polar surface area (TPSA) is 29.4 Å². The molecular formula is C30H38FNO. The second-order valence-electron chi connectivity index (χ2n) is 9.81. The molecule has 2 aromatic carbocycles. The van der Waals surface area contributed by atoms with Crippen molar-refractivity contribution >= 4 is 12.0 Å². The normalized spacial score (nSPS) is 16.7. The summed E-state index contributed by atoms with van der Waals surface area (Å²) < 4.78 is 14.1. The van der Waals surface area contributed by atoms with E-state index >= 15 is 0 Å². The fraction of sp³-hybridized carbons (Fsp3) is 0.467. The number of Topliss-reactive ketones (excluding diaryl/α,β-unsaturated/α-hetero) is 1. The van der Waals surface area contributed by atoms with Crippen LogP contribution in [0.3, 0.4) is 0 Å². The maximum Gasteiger partial charge on any atom is 0.183 e. The van der Waals surface area contributed by atoms with Gasteiger partial charge in [0.15, 0.2) is 5.78 Å². The average molecular weight is 448 g/mol. The summed E-state index contributed by atoms with van der Waals surface area (Å²) in [6.07, 6.45) is 8.93. The lowest BCUT2D eigenvalue weighted by Crippen LogP contribution is -2.20. The van der Waals surface area contributed by atoms with E-state index in [-0.39, 0.29) is 17.5 Å². The number of benzene rings is 2. The van der Waals surface area contributed by atoms with Gasteiger partial charge in [0.1, 0.15) is 11.5 Å². The predicted molar refractivity (Wildman–Crippen MR) is 137 cm³/mol. The molecule has 2 aromatic rings. The van der Waals surface area contributed by atoms with Crippen molar-refractivity contribution in [1.82, 2.24) is 0 Å². The van der Waals surface area contributed by atoms with Gasteiger partial charge in [-0.25, -0.2) is 4.39 Å². The third-order valence-corrected chi connectivity index (χ3v) is 6.60. The maximum atomic E-state index is 14.1. The molecule has 0 spiro atoms. The van der Waals surface area contributed by atoms with Gasteiger partial charge in [-0.2, -0.15) is 0 Å². The molecule has 0 aromatic heterocycles. The monoisotopic (exact) mass is 447 g/mol. The summed E-state index contributed by atoms with van der Waals surface area (Å²) in [5, 5.41) is 0. The van der Waals surface area contributed by atoms with Gasteiger partial charge >= 0.3 is 0 Å². The number of halogens is 1. The van der Waals surface area contributed by atoms with Gasteiger partial charge in [0.25, 0.3) is 0 Å². The minimum atomic E-state index is -0.139. The van der Waals surface area contributed by atoms with E-state index in [2.05, 4.69) is 50.9 Å². The van der Waals surface area contributed by atoms with Gasteiger partial charge in [-0.1, -0.05) is 65.0 Å². The Morgan fingerprint density at radius 1 is 1.09 bits per heavy atom. The van der Waals surface area contributed by atoms with Crippen LogP contribution in [-0.4, -0.2) is 12.0 Å². The molecule has 1 aliphatic rings. The highest BCUT2D eigenvalue weighted by Crippen LogP contribution is 2.30. The molecule has 0 saturated heterocycles. The molecule has 0 N–H and O–H groups in total. The van der Waals surface area contributed by atoms with Crippen molar-refractivity contribution in [3.63, 3.8) is 0 Å². The van der Waals surface area contributed by atoms with Gasteiger partial charge in [-0.3, -0.25) is 9.79 Å². The van der Waals surface area contributed by atoms with Crippen LogP contribution in [0.25, 0.3) is 11.1 Å². The number of carbonyl (C=O) groups is 1. The van der Waals surface area contributed by atoms with Crippen molar-refractivity contribution in [2.24, 2.45) is 22.7 Å². The first kappa shape index (κ1) is 25.1. The third-order valence-electron chi connectivity index (χ3n) is 6.60. The van der Waals surface area contributed by atoms with Crippen LogP contribution in [0, 0.1) is 23.6 Å².